The Bertz CT molecular complexity index is 481. The fourth-order valence-electron chi connectivity index (χ4n) is 2.04. The Morgan fingerprint density at radius 2 is 2.05 bits per heavy atom. The number of nitrogens with one attached hydrogen (secondary N) is 1. The Morgan fingerprint density at radius 3 is 2.55 bits per heavy atom. The lowest BCUT2D eigenvalue weighted by atomic mass is 9.96. The zero-order valence-corrected chi connectivity index (χ0v) is 13.0. The van der Waals surface area contributed by atoms with E-state index in [0.717, 1.165) is 25.0 Å². The van der Waals surface area contributed by atoms with Crippen LogP contribution in [0.4, 0.5) is 15.8 Å². The van der Waals surface area contributed by atoms with Gasteiger partial charge < -0.3 is 10.4 Å². The average Bonchev–Trinajstić information content (AvgIpc) is 2.40. The smallest absolute Gasteiger partial charge is 0.293 e. The predicted octanol–water partition coefficient (Wildman–Crippen LogP) is 3.71. The third kappa shape index (κ3) is 4.14. The average molecular weight is 349 g/mol. The number of nitro groups is 1. The van der Waals surface area contributed by atoms with Crippen molar-refractivity contribution in [3.63, 3.8) is 0 Å². The van der Waals surface area contributed by atoms with Gasteiger partial charge in [-0.25, -0.2) is 4.39 Å². The third-order valence-electron chi connectivity index (χ3n) is 3.33. The molecule has 0 aliphatic carbocycles. The summed E-state index contributed by atoms with van der Waals surface area (Å²) >= 11 is 2.92. The minimum atomic E-state index is -0.628. The van der Waals surface area contributed by atoms with Gasteiger partial charge in [0.25, 0.3) is 5.69 Å². The molecule has 0 fully saturated rings. The quantitative estimate of drug-likeness (QED) is 0.581. The highest BCUT2D eigenvalue weighted by Crippen LogP contribution is 2.30. The summed E-state index contributed by atoms with van der Waals surface area (Å²) in [5, 5.41) is 23.7. The molecule has 5 nitrogen and oxygen atoms in total. The van der Waals surface area contributed by atoms with Crippen LogP contribution in [-0.2, 0) is 0 Å². The molecule has 7 heteroatoms. The van der Waals surface area contributed by atoms with E-state index >= 15 is 0 Å². The maximum absolute atomic E-state index is 13.5. The SMILES string of the molecule is CCC(CC)C(O)CNc1cc(F)c(Br)cc1[N+](=O)[O-]. The minimum Gasteiger partial charge on any atom is -0.391 e. The number of anilines is 1. The molecule has 0 radical (unpaired) electrons. The second kappa shape index (κ2) is 7.54. The first-order valence-corrected chi connectivity index (χ1v) is 7.25. The summed E-state index contributed by atoms with van der Waals surface area (Å²) in [5.41, 5.74) is -0.157. The van der Waals surface area contributed by atoms with Crippen LogP contribution in [0.3, 0.4) is 0 Å². The van der Waals surface area contributed by atoms with Crippen LogP contribution in [-0.4, -0.2) is 22.7 Å². The van der Waals surface area contributed by atoms with Gasteiger partial charge in [0, 0.05) is 18.7 Å². The van der Waals surface area contributed by atoms with Crippen molar-refractivity contribution in [1.29, 1.82) is 0 Å². The zero-order chi connectivity index (χ0) is 15.3. The molecule has 0 bridgehead atoms. The van der Waals surface area contributed by atoms with Gasteiger partial charge in [0.05, 0.1) is 15.5 Å². The van der Waals surface area contributed by atoms with E-state index in [0.29, 0.717) is 0 Å². The van der Waals surface area contributed by atoms with Crippen molar-refractivity contribution in [2.75, 3.05) is 11.9 Å². The van der Waals surface area contributed by atoms with Crippen LogP contribution >= 0.6 is 15.9 Å². The molecule has 20 heavy (non-hydrogen) atoms. The second-order valence-corrected chi connectivity index (χ2v) is 5.42. The van der Waals surface area contributed by atoms with Crippen molar-refractivity contribution >= 4 is 27.3 Å². The Morgan fingerprint density at radius 1 is 1.45 bits per heavy atom. The number of hydrogen-bond acceptors (Lipinski definition) is 4. The van der Waals surface area contributed by atoms with E-state index in [1.807, 2.05) is 13.8 Å². The van der Waals surface area contributed by atoms with Gasteiger partial charge in [-0.3, -0.25) is 10.1 Å². The summed E-state index contributed by atoms with van der Waals surface area (Å²) in [4.78, 5) is 10.3. The van der Waals surface area contributed by atoms with E-state index in [2.05, 4.69) is 21.2 Å². The molecule has 2 N–H and O–H groups in total. The lowest BCUT2D eigenvalue weighted by molar-refractivity contribution is -0.384. The number of rotatable bonds is 7. The highest BCUT2D eigenvalue weighted by Gasteiger charge is 2.20. The van der Waals surface area contributed by atoms with Crippen LogP contribution in [0.5, 0.6) is 0 Å². The summed E-state index contributed by atoms with van der Waals surface area (Å²) in [5.74, 6) is -0.475. The standard InChI is InChI=1S/C13H18BrFN2O3/c1-3-8(4-2)13(18)7-16-11-6-10(15)9(14)5-12(11)17(19)20/h5-6,8,13,16,18H,3-4,7H2,1-2H3. The van der Waals surface area contributed by atoms with E-state index in [-0.39, 0.29) is 28.3 Å². The highest BCUT2D eigenvalue weighted by molar-refractivity contribution is 9.10. The van der Waals surface area contributed by atoms with Gasteiger partial charge in [-0.05, 0) is 21.8 Å². The fraction of sp³-hybridized carbons (Fsp3) is 0.538. The van der Waals surface area contributed by atoms with Crippen molar-refractivity contribution < 1.29 is 14.4 Å². The lowest BCUT2D eigenvalue weighted by Gasteiger charge is -2.20. The molecular formula is C13H18BrFN2O3. The van der Waals surface area contributed by atoms with Crippen LogP contribution in [0, 0.1) is 21.8 Å². The van der Waals surface area contributed by atoms with Crippen LogP contribution in [0.2, 0.25) is 0 Å². The van der Waals surface area contributed by atoms with E-state index < -0.39 is 16.8 Å². The topological polar surface area (TPSA) is 75.4 Å². The first kappa shape index (κ1) is 16.8. The molecule has 0 aromatic heterocycles. The van der Waals surface area contributed by atoms with Crippen molar-refractivity contribution in [2.45, 2.75) is 32.8 Å². The van der Waals surface area contributed by atoms with Gasteiger partial charge in [-0.1, -0.05) is 26.7 Å². The maximum atomic E-state index is 13.5. The number of benzene rings is 1. The highest BCUT2D eigenvalue weighted by atomic mass is 79.9. The molecule has 112 valence electrons. The molecule has 1 aromatic rings. The normalized spacial score (nSPS) is 12.5. The molecule has 0 heterocycles. The van der Waals surface area contributed by atoms with Gasteiger partial charge in [0.2, 0.25) is 0 Å². The number of halogens is 2. The molecular weight excluding hydrogens is 331 g/mol. The Hall–Kier alpha value is -1.21. The van der Waals surface area contributed by atoms with Crippen LogP contribution in [0.15, 0.2) is 16.6 Å². The number of nitro benzene ring substituents is 1. The second-order valence-electron chi connectivity index (χ2n) is 4.57. The van der Waals surface area contributed by atoms with E-state index in [1.165, 1.54) is 0 Å². The van der Waals surface area contributed by atoms with Crippen LogP contribution < -0.4 is 5.32 Å². The minimum absolute atomic E-state index is 0.0373. The molecule has 0 amide bonds. The van der Waals surface area contributed by atoms with Crippen molar-refractivity contribution in [1.82, 2.24) is 0 Å². The summed E-state index contributed by atoms with van der Waals surface area (Å²) in [6.45, 7) is 4.09. The van der Waals surface area contributed by atoms with Gasteiger partial charge in [0.15, 0.2) is 0 Å². The first-order valence-electron chi connectivity index (χ1n) is 6.46. The number of hydrogen-bond donors (Lipinski definition) is 2. The zero-order valence-electron chi connectivity index (χ0n) is 11.4. The Kier molecular flexibility index (Phi) is 6.35. The molecule has 1 rings (SSSR count). The van der Waals surface area contributed by atoms with Crippen molar-refractivity contribution in [2.24, 2.45) is 5.92 Å². The van der Waals surface area contributed by atoms with Crippen LogP contribution in [0.25, 0.3) is 0 Å². The maximum Gasteiger partial charge on any atom is 0.293 e. The summed E-state index contributed by atoms with van der Waals surface area (Å²) in [7, 11) is 0. The fourth-order valence-corrected chi connectivity index (χ4v) is 2.37. The molecule has 1 unspecified atom stereocenters. The molecule has 0 aliphatic heterocycles. The van der Waals surface area contributed by atoms with Gasteiger partial charge >= 0.3 is 0 Å². The molecule has 1 atom stereocenters. The number of aliphatic hydroxyl groups excluding tert-OH is 1. The van der Waals surface area contributed by atoms with E-state index in [1.54, 1.807) is 0 Å². The lowest BCUT2D eigenvalue weighted by Crippen LogP contribution is -2.27. The molecule has 0 saturated heterocycles. The molecule has 1 aromatic carbocycles. The Labute approximate surface area is 125 Å². The monoisotopic (exact) mass is 348 g/mol. The largest absolute Gasteiger partial charge is 0.391 e. The van der Waals surface area contributed by atoms with Crippen LogP contribution in [0.1, 0.15) is 26.7 Å². The van der Waals surface area contributed by atoms with Gasteiger partial charge in [-0.2, -0.15) is 0 Å². The first-order chi connectivity index (χ1) is 9.40. The predicted molar refractivity (Wildman–Crippen MR) is 79.3 cm³/mol. The van der Waals surface area contributed by atoms with E-state index in [9.17, 15) is 19.6 Å². The van der Waals surface area contributed by atoms with Gasteiger partial charge in [-0.15, -0.1) is 0 Å². The molecule has 0 spiro atoms. The molecule has 0 aliphatic rings. The molecule has 0 saturated carbocycles. The summed E-state index contributed by atoms with van der Waals surface area (Å²) < 4.78 is 13.5. The number of aliphatic hydroxyl groups is 1. The summed E-state index contributed by atoms with van der Waals surface area (Å²) in [6.07, 6.45) is 1.00. The van der Waals surface area contributed by atoms with E-state index in [4.69, 9.17) is 0 Å². The summed E-state index contributed by atoms with van der Waals surface area (Å²) in [6, 6.07) is 2.17. The van der Waals surface area contributed by atoms with Gasteiger partial charge in [0.1, 0.15) is 11.5 Å². The van der Waals surface area contributed by atoms with Crippen molar-refractivity contribution in [3.05, 3.63) is 32.5 Å². The number of nitrogens with zero attached hydrogens (tertiary/aromatic N) is 1. The third-order valence-corrected chi connectivity index (χ3v) is 3.94. The Balaban J connectivity index is 2.87. The van der Waals surface area contributed by atoms with Crippen molar-refractivity contribution in [3.8, 4) is 0 Å².